The van der Waals surface area contributed by atoms with Gasteiger partial charge >= 0.3 is 0 Å². The van der Waals surface area contributed by atoms with E-state index >= 15 is 0 Å². The van der Waals surface area contributed by atoms with Crippen LogP contribution in [0.15, 0.2) is 0 Å². The Morgan fingerprint density at radius 1 is 1.32 bits per heavy atom. The molecule has 0 aromatic carbocycles. The summed E-state index contributed by atoms with van der Waals surface area (Å²) in [5.41, 5.74) is 2.52. The van der Waals surface area contributed by atoms with E-state index in [0.29, 0.717) is 13.1 Å². The average Bonchev–Trinajstić information content (AvgIpc) is 2.62. The van der Waals surface area contributed by atoms with Crippen LogP contribution in [0, 0.1) is 13.8 Å². The second kappa shape index (κ2) is 5.33. The normalized spacial score (nSPS) is 23.7. The van der Waals surface area contributed by atoms with Crippen molar-refractivity contribution in [2.75, 3.05) is 13.1 Å². The Balaban J connectivity index is 2.26. The van der Waals surface area contributed by atoms with Crippen LogP contribution < -0.4 is 0 Å². The van der Waals surface area contributed by atoms with Gasteiger partial charge in [0.25, 0.3) is 5.91 Å². The zero-order valence-corrected chi connectivity index (χ0v) is 12.4. The molecule has 2 atom stereocenters. The fourth-order valence-corrected chi connectivity index (χ4v) is 2.82. The molecular formula is C14H23N3O2. The van der Waals surface area contributed by atoms with Crippen LogP contribution >= 0.6 is 0 Å². The monoisotopic (exact) mass is 265 g/mol. The Morgan fingerprint density at radius 3 is 2.37 bits per heavy atom. The van der Waals surface area contributed by atoms with Crippen LogP contribution in [-0.2, 0) is 11.3 Å². The van der Waals surface area contributed by atoms with Gasteiger partial charge < -0.3 is 9.64 Å². The molecule has 1 aliphatic rings. The minimum absolute atomic E-state index is 0.0803. The van der Waals surface area contributed by atoms with E-state index in [2.05, 4.69) is 5.10 Å². The van der Waals surface area contributed by atoms with Crippen LogP contribution in [0.2, 0.25) is 0 Å². The van der Waals surface area contributed by atoms with Crippen LogP contribution in [0.5, 0.6) is 0 Å². The summed E-state index contributed by atoms with van der Waals surface area (Å²) in [5.74, 6) is 0.0803. The molecule has 0 bridgehead atoms. The summed E-state index contributed by atoms with van der Waals surface area (Å²) in [6, 6.07) is 0. The first-order valence-corrected chi connectivity index (χ1v) is 6.92. The van der Waals surface area contributed by atoms with Gasteiger partial charge in [0.1, 0.15) is 0 Å². The number of hydrogen-bond donors (Lipinski definition) is 0. The number of ether oxygens (including phenoxy) is 1. The van der Waals surface area contributed by atoms with Crippen molar-refractivity contribution in [3.8, 4) is 0 Å². The maximum Gasteiger partial charge on any atom is 0.257 e. The zero-order chi connectivity index (χ0) is 14.2. The van der Waals surface area contributed by atoms with Gasteiger partial charge in [0.2, 0.25) is 0 Å². The van der Waals surface area contributed by atoms with E-state index in [1.807, 2.05) is 44.2 Å². The maximum atomic E-state index is 12.7. The molecule has 1 amide bonds. The number of nitrogens with zero attached hydrogens (tertiary/aromatic N) is 3. The summed E-state index contributed by atoms with van der Waals surface area (Å²) >= 11 is 0. The van der Waals surface area contributed by atoms with Gasteiger partial charge in [-0.1, -0.05) is 0 Å². The number of morpholine rings is 1. The van der Waals surface area contributed by atoms with Crippen molar-refractivity contribution in [1.29, 1.82) is 0 Å². The van der Waals surface area contributed by atoms with Crippen molar-refractivity contribution in [3.63, 3.8) is 0 Å². The number of carbonyl (C=O) groups excluding carboxylic acids is 1. The first kappa shape index (κ1) is 14.1. The molecule has 5 nitrogen and oxygen atoms in total. The van der Waals surface area contributed by atoms with Crippen LogP contribution in [-0.4, -0.2) is 45.9 Å². The Hall–Kier alpha value is -1.36. The molecule has 0 N–H and O–H groups in total. The second-order valence-corrected chi connectivity index (χ2v) is 5.33. The minimum Gasteiger partial charge on any atom is -0.372 e. The molecule has 0 spiro atoms. The lowest BCUT2D eigenvalue weighted by atomic mass is 10.1. The highest BCUT2D eigenvalue weighted by Crippen LogP contribution is 2.19. The molecule has 1 fully saturated rings. The lowest BCUT2D eigenvalue weighted by molar-refractivity contribution is -0.0586. The first-order chi connectivity index (χ1) is 8.93. The van der Waals surface area contributed by atoms with E-state index in [1.165, 1.54) is 0 Å². The Labute approximate surface area is 114 Å². The highest BCUT2D eigenvalue weighted by Gasteiger charge is 2.29. The molecule has 106 valence electrons. The van der Waals surface area contributed by atoms with Crippen molar-refractivity contribution < 1.29 is 9.53 Å². The average molecular weight is 265 g/mol. The molecule has 0 aliphatic carbocycles. The van der Waals surface area contributed by atoms with Gasteiger partial charge in [-0.3, -0.25) is 9.48 Å². The van der Waals surface area contributed by atoms with Gasteiger partial charge in [-0.05, 0) is 34.6 Å². The van der Waals surface area contributed by atoms with Crippen molar-refractivity contribution in [2.24, 2.45) is 0 Å². The first-order valence-electron chi connectivity index (χ1n) is 6.92. The summed E-state index contributed by atoms with van der Waals surface area (Å²) in [5, 5.41) is 4.42. The molecular weight excluding hydrogens is 242 g/mol. The lowest BCUT2D eigenvalue weighted by Crippen LogP contribution is -2.48. The van der Waals surface area contributed by atoms with Crippen LogP contribution in [0.1, 0.15) is 42.5 Å². The summed E-state index contributed by atoms with van der Waals surface area (Å²) < 4.78 is 7.56. The smallest absolute Gasteiger partial charge is 0.257 e. The molecule has 2 rings (SSSR count). The molecule has 19 heavy (non-hydrogen) atoms. The second-order valence-electron chi connectivity index (χ2n) is 5.33. The Bertz CT molecular complexity index is 471. The maximum absolute atomic E-state index is 12.7. The number of aromatic nitrogens is 2. The number of amides is 1. The largest absolute Gasteiger partial charge is 0.372 e. The van der Waals surface area contributed by atoms with Gasteiger partial charge in [-0.15, -0.1) is 0 Å². The van der Waals surface area contributed by atoms with Crippen molar-refractivity contribution in [2.45, 2.75) is 53.4 Å². The standard InChI is InChI=1S/C14H23N3O2/c1-6-17-12(5)13(11(4)15-17)14(18)16-7-9(2)19-10(3)8-16/h9-10H,6-8H2,1-5H3/t9-,10-/m1/s1. The quantitative estimate of drug-likeness (QED) is 0.818. The van der Waals surface area contributed by atoms with Crippen molar-refractivity contribution >= 4 is 5.91 Å². The van der Waals surface area contributed by atoms with Crippen LogP contribution in [0.25, 0.3) is 0 Å². The van der Waals surface area contributed by atoms with E-state index in [9.17, 15) is 4.79 Å². The van der Waals surface area contributed by atoms with Crippen LogP contribution in [0.3, 0.4) is 0 Å². The highest BCUT2D eigenvalue weighted by molar-refractivity contribution is 5.96. The van der Waals surface area contributed by atoms with Gasteiger partial charge in [-0.25, -0.2) is 0 Å². The van der Waals surface area contributed by atoms with E-state index in [0.717, 1.165) is 23.5 Å². The number of rotatable bonds is 2. The van der Waals surface area contributed by atoms with Crippen molar-refractivity contribution in [1.82, 2.24) is 14.7 Å². The predicted molar refractivity (Wildman–Crippen MR) is 73.3 cm³/mol. The van der Waals surface area contributed by atoms with Crippen LogP contribution in [0.4, 0.5) is 0 Å². The summed E-state index contributed by atoms with van der Waals surface area (Å²) in [7, 11) is 0. The Kier molecular flexibility index (Phi) is 3.94. The third kappa shape index (κ3) is 2.66. The van der Waals surface area contributed by atoms with Crippen molar-refractivity contribution in [3.05, 3.63) is 17.0 Å². The summed E-state index contributed by atoms with van der Waals surface area (Å²) in [6.07, 6.45) is 0.184. The molecule has 5 heteroatoms. The van der Waals surface area contributed by atoms with Gasteiger partial charge in [0.15, 0.2) is 0 Å². The molecule has 1 aromatic rings. The predicted octanol–water partition coefficient (Wildman–Crippen LogP) is 1.77. The summed E-state index contributed by atoms with van der Waals surface area (Å²) in [6.45, 7) is 12.0. The Morgan fingerprint density at radius 2 is 1.89 bits per heavy atom. The molecule has 0 radical (unpaired) electrons. The fraction of sp³-hybridized carbons (Fsp3) is 0.714. The number of carbonyl (C=O) groups is 1. The fourth-order valence-electron chi connectivity index (χ4n) is 2.82. The molecule has 1 aliphatic heterocycles. The van der Waals surface area contributed by atoms with E-state index < -0.39 is 0 Å². The topological polar surface area (TPSA) is 47.4 Å². The third-order valence-electron chi connectivity index (χ3n) is 3.60. The minimum atomic E-state index is 0.0803. The third-order valence-corrected chi connectivity index (χ3v) is 3.60. The van der Waals surface area contributed by atoms with Gasteiger partial charge in [-0.2, -0.15) is 5.10 Å². The summed E-state index contributed by atoms with van der Waals surface area (Å²) in [4.78, 5) is 14.6. The highest BCUT2D eigenvalue weighted by atomic mass is 16.5. The molecule has 0 saturated carbocycles. The molecule has 2 heterocycles. The molecule has 1 aromatic heterocycles. The van der Waals surface area contributed by atoms with Gasteiger partial charge in [0.05, 0.1) is 23.5 Å². The van der Waals surface area contributed by atoms with E-state index in [4.69, 9.17) is 4.74 Å². The zero-order valence-electron chi connectivity index (χ0n) is 12.4. The lowest BCUT2D eigenvalue weighted by Gasteiger charge is -2.35. The van der Waals surface area contributed by atoms with E-state index in [-0.39, 0.29) is 18.1 Å². The number of hydrogen-bond acceptors (Lipinski definition) is 3. The van der Waals surface area contributed by atoms with Gasteiger partial charge in [0, 0.05) is 25.3 Å². The van der Waals surface area contributed by atoms with E-state index in [1.54, 1.807) is 0 Å². The SMILES string of the molecule is CCn1nc(C)c(C(=O)N2C[C@@H](C)O[C@H](C)C2)c1C. The molecule has 0 unspecified atom stereocenters. The molecule has 1 saturated heterocycles. The number of aryl methyl sites for hydroxylation is 2.